The first-order chi connectivity index (χ1) is 5.18. The van der Waals surface area contributed by atoms with Crippen molar-refractivity contribution >= 4 is 24.4 Å². The van der Waals surface area contributed by atoms with E-state index in [0.29, 0.717) is 12.2 Å². The fourth-order valence-electron chi connectivity index (χ4n) is 0.769. The van der Waals surface area contributed by atoms with Gasteiger partial charge in [-0.15, -0.1) is 0 Å². The van der Waals surface area contributed by atoms with Crippen molar-refractivity contribution in [1.82, 2.24) is 0 Å². The van der Waals surface area contributed by atoms with E-state index in [0.717, 1.165) is 4.86 Å². The molecule has 58 valence electrons. The Balaban J connectivity index is 2.52. The minimum atomic E-state index is -1.75. The topological polar surface area (TPSA) is 49.7 Å². The third-order valence-electron chi connectivity index (χ3n) is 1.17. The lowest BCUT2D eigenvalue weighted by atomic mass is 10.1. The van der Waals surface area contributed by atoms with E-state index in [1.807, 2.05) is 0 Å². The van der Waals surface area contributed by atoms with Crippen LogP contribution in [0.3, 0.4) is 0 Å². The van der Waals surface area contributed by atoms with Crippen LogP contribution in [0.15, 0.2) is 24.0 Å². The average molecular weight is 170 g/mol. The van der Waals surface area contributed by atoms with Crippen LogP contribution < -0.4 is 0 Å². The van der Waals surface area contributed by atoms with Crippen molar-refractivity contribution < 1.29 is 14.7 Å². The molecule has 0 aromatic carbocycles. The SMILES string of the molecule is OB(O)OC1=CC=CC(=S)C1. The Bertz CT molecular complexity index is 222. The number of thiocarbonyl (C=S) groups is 1. The van der Waals surface area contributed by atoms with E-state index in [2.05, 4.69) is 4.65 Å². The summed E-state index contributed by atoms with van der Waals surface area (Å²) in [4.78, 5) is 0.725. The van der Waals surface area contributed by atoms with Crippen LogP contribution in [0.2, 0.25) is 0 Å². The summed E-state index contributed by atoms with van der Waals surface area (Å²) >= 11 is 4.86. The molecule has 1 aliphatic rings. The second kappa shape index (κ2) is 3.66. The zero-order chi connectivity index (χ0) is 8.27. The molecule has 0 aromatic rings. The maximum Gasteiger partial charge on any atom is 0.707 e. The molecule has 0 fully saturated rings. The second-order valence-corrected chi connectivity index (χ2v) is 2.60. The van der Waals surface area contributed by atoms with Crippen LogP contribution in [-0.4, -0.2) is 22.2 Å². The van der Waals surface area contributed by atoms with Gasteiger partial charge in [-0.05, 0) is 12.2 Å². The molecular formula is C6H7BO3S. The summed E-state index contributed by atoms with van der Waals surface area (Å²) in [6.45, 7) is 0. The summed E-state index contributed by atoms with van der Waals surface area (Å²) in [6, 6.07) is 0. The molecule has 0 unspecified atom stereocenters. The third-order valence-corrected chi connectivity index (χ3v) is 1.45. The summed E-state index contributed by atoms with van der Waals surface area (Å²) in [6.07, 6.45) is 5.59. The molecule has 0 saturated heterocycles. The van der Waals surface area contributed by atoms with Gasteiger partial charge < -0.3 is 14.7 Å². The molecule has 0 radical (unpaired) electrons. The molecule has 0 amide bonds. The van der Waals surface area contributed by atoms with E-state index in [9.17, 15) is 0 Å². The highest BCUT2D eigenvalue weighted by Gasteiger charge is 2.14. The molecule has 3 nitrogen and oxygen atoms in total. The summed E-state index contributed by atoms with van der Waals surface area (Å²) in [5.74, 6) is 0.479. The largest absolute Gasteiger partial charge is 0.707 e. The first kappa shape index (κ1) is 8.45. The Labute approximate surface area is 70.2 Å². The summed E-state index contributed by atoms with van der Waals surface area (Å²) in [7, 11) is -1.75. The number of allylic oxidation sites excluding steroid dienone is 4. The van der Waals surface area contributed by atoms with Gasteiger partial charge in [0.1, 0.15) is 0 Å². The molecule has 0 aromatic heterocycles. The lowest BCUT2D eigenvalue weighted by Gasteiger charge is -2.10. The average Bonchev–Trinajstić information content (AvgIpc) is 1.85. The van der Waals surface area contributed by atoms with Crippen molar-refractivity contribution in [3.8, 4) is 0 Å². The highest BCUT2D eigenvalue weighted by molar-refractivity contribution is 7.80. The van der Waals surface area contributed by atoms with Crippen molar-refractivity contribution in [2.45, 2.75) is 6.42 Å². The van der Waals surface area contributed by atoms with Crippen LogP contribution in [0.25, 0.3) is 0 Å². The molecule has 1 aliphatic carbocycles. The van der Waals surface area contributed by atoms with Crippen molar-refractivity contribution in [1.29, 1.82) is 0 Å². The van der Waals surface area contributed by atoms with Gasteiger partial charge in [-0.3, -0.25) is 0 Å². The Morgan fingerprint density at radius 3 is 2.82 bits per heavy atom. The van der Waals surface area contributed by atoms with Crippen LogP contribution in [0.1, 0.15) is 6.42 Å². The van der Waals surface area contributed by atoms with Gasteiger partial charge in [-0.2, -0.15) is 0 Å². The predicted octanol–water partition coefficient (Wildman–Crippen LogP) is 0.186. The van der Waals surface area contributed by atoms with Gasteiger partial charge in [0.25, 0.3) is 0 Å². The van der Waals surface area contributed by atoms with Crippen LogP contribution >= 0.6 is 12.2 Å². The zero-order valence-electron chi connectivity index (χ0n) is 5.73. The van der Waals surface area contributed by atoms with Crippen molar-refractivity contribution in [2.24, 2.45) is 0 Å². The molecule has 0 spiro atoms. The van der Waals surface area contributed by atoms with E-state index < -0.39 is 7.32 Å². The summed E-state index contributed by atoms with van der Waals surface area (Å²) < 4.78 is 4.60. The second-order valence-electron chi connectivity index (χ2n) is 2.08. The van der Waals surface area contributed by atoms with E-state index in [1.165, 1.54) is 0 Å². The van der Waals surface area contributed by atoms with Gasteiger partial charge in [0, 0.05) is 11.3 Å². The summed E-state index contributed by atoms with van der Waals surface area (Å²) in [5.41, 5.74) is 0. The Morgan fingerprint density at radius 1 is 1.55 bits per heavy atom. The van der Waals surface area contributed by atoms with Gasteiger partial charge >= 0.3 is 7.32 Å². The molecular weight excluding hydrogens is 163 g/mol. The number of hydrogen-bond donors (Lipinski definition) is 2. The van der Waals surface area contributed by atoms with Gasteiger partial charge in [-0.25, -0.2) is 0 Å². The maximum atomic E-state index is 8.42. The number of rotatable bonds is 2. The van der Waals surface area contributed by atoms with E-state index in [1.54, 1.807) is 18.2 Å². The molecule has 0 heterocycles. The standard InChI is InChI=1S/C6H7BO3S/c8-7(9)10-5-2-1-3-6(11)4-5/h1-3,8-9H,4H2. The van der Waals surface area contributed by atoms with Gasteiger partial charge in [0.15, 0.2) is 0 Å². The fraction of sp³-hybridized carbons (Fsp3) is 0.167. The van der Waals surface area contributed by atoms with Crippen molar-refractivity contribution in [3.63, 3.8) is 0 Å². The van der Waals surface area contributed by atoms with E-state index >= 15 is 0 Å². The van der Waals surface area contributed by atoms with E-state index in [4.69, 9.17) is 22.3 Å². The molecule has 0 saturated carbocycles. The molecule has 5 heteroatoms. The molecule has 0 bridgehead atoms. The molecule has 11 heavy (non-hydrogen) atoms. The third kappa shape index (κ3) is 2.84. The first-order valence-corrected chi connectivity index (χ1v) is 3.52. The monoisotopic (exact) mass is 170 g/mol. The lowest BCUT2D eigenvalue weighted by molar-refractivity contribution is 0.235. The minimum absolute atomic E-state index is 0.462. The Hall–Kier alpha value is -0.645. The van der Waals surface area contributed by atoms with Crippen LogP contribution in [0.4, 0.5) is 0 Å². The molecule has 0 aliphatic heterocycles. The number of hydrogen-bond acceptors (Lipinski definition) is 4. The minimum Gasteiger partial charge on any atom is -0.515 e. The smallest absolute Gasteiger partial charge is 0.515 e. The van der Waals surface area contributed by atoms with Crippen LogP contribution in [-0.2, 0) is 4.65 Å². The van der Waals surface area contributed by atoms with Crippen molar-refractivity contribution in [2.75, 3.05) is 0 Å². The predicted molar refractivity (Wildman–Crippen MR) is 45.7 cm³/mol. The fourth-order valence-corrected chi connectivity index (χ4v) is 0.990. The zero-order valence-corrected chi connectivity index (χ0v) is 6.54. The highest BCUT2D eigenvalue weighted by atomic mass is 32.1. The quantitative estimate of drug-likeness (QED) is 0.458. The van der Waals surface area contributed by atoms with Gasteiger partial charge in [-0.1, -0.05) is 18.3 Å². The Kier molecular flexibility index (Phi) is 2.81. The lowest BCUT2D eigenvalue weighted by Crippen LogP contribution is -2.17. The highest BCUT2D eigenvalue weighted by Crippen LogP contribution is 2.11. The van der Waals surface area contributed by atoms with Crippen LogP contribution in [0, 0.1) is 0 Å². The molecule has 2 N–H and O–H groups in total. The maximum absolute atomic E-state index is 8.42. The molecule has 0 atom stereocenters. The Morgan fingerprint density at radius 2 is 2.27 bits per heavy atom. The normalized spacial score (nSPS) is 16.2. The van der Waals surface area contributed by atoms with Crippen molar-refractivity contribution in [3.05, 3.63) is 24.0 Å². The van der Waals surface area contributed by atoms with Gasteiger partial charge in [0.05, 0.1) is 5.76 Å². The summed E-state index contributed by atoms with van der Waals surface area (Å²) in [5, 5.41) is 16.8. The molecule has 1 rings (SSSR count). The van der Waals surface area contributed by atoms with E-state index in [-0.39, 0.29) is 0 Å². The van der Waals surface area contributed by atoms with Gasteiger partial charge in [0.2, 0.25) is 0 Å². The van der Waals surface area contributed by atoms with Crippen LogP contribution in [0.5, 0.6) is 0 Å². The first-order valence-electron chi connectivity index (χ1n) is 3.11.